The molecule has 19 heavy (non-hydrogen) atoms. The van der Waals surface area contributed by atoms with E-state index in [-0.39, 0.29) is 30.8 Å². The van der Waals surface area contributed by atoms with Gasteiger partial charge in [0.2, 0.25) is 5.56 Å². The predicted molar refractivity (Wildman–Crippen MR) is 69.8 cm³/mol. The summed E-state index contributed by atoms with van der Waals surface area (Å²) in [6.07, 6.45) is 2.89. The van der Waals surface area contributed by atoms with Crippen LogP contribution < -0.4 is 5.56 Å². The van der Waals surface area contributed by atoms with Gasteiger partial charge in [-0.15, -0.1) is 6.58 Å². The number of rotatable bonds is 6. The number of esters is 1. The Kier molecular flexibility index (Phi) is 5.53. The molecule has 6 heteroatoms. The number of amides is 1. The minimum atomic E-state index is -0.498. The normalized spacial score (nSPS) is 9.74. The van der Waals surface area contributed by atoms with Crippen LogP contribution in [0, 0.1) is 0 Å². The summed E-state index contributed by atoms with van der Waals surface area (Å²) < 4.78 is 4.79. The fourth-order valence-corrected chi connectivity index (χ4v) is 1.50. The van der Waals surface area contributed by atoms with E-state index in [0.717, 1.165) is 0 Å². The molecule has 0 radical (unpaired) electrons. The first-order valence-corrected chi connectivity index (χ1v) is 5.83. The minimum Gasteiger partial charge on any atom is -0.465 e. The van der Waals surface area contributed by atoms with Gasteiger partial charge in [-0.25, -0.2) is 0 Å². The number of carbonyl (C=O) groups is 2. The summed E-state index contributed by atoms with van der Waals surface area (Å²) in [5, 5.41) is 0. The SMILES string of the molecule is C=CCN(CC(=O)OCC)C(=O)c1cc[nH]c(=O)c1. The zero-order valence-electron chi connectivity index (χ0n) is 10.7. The third-order valence-electron chi connectivity index (χ3n) is 2.28. The van der Waals surface area contributed by atoms with Crippen LogP contribution in [0.1, 0.15) is 17.3 Å². The summed E-state index contributed by atoms with van der Waals surface area (Å²) in [7, 11) is 0. The van der Waals surface area contributed by atoms with Crippen molar-refractivity contribution in [2.75, 3.05) is 19.7 Å². The number of hydrogen-bond donors (Lipinski definition) is 1. The standard InChI is InChI=1S/C13H16N2O4/c1-3-7-15(9-12(17)19-4-2)13(18)10-5-6-14-11(16)8-10/h3,5-6,8H,1,4,7,9H2,2H3,(H,14,16). The average Bonchev–Trinajstić information content (AvgIpc) is 2.37. The van der Waals surface area contributed by atoms with Gasteiger partial charge in [0, 0.05) is 24.4 Å². The lowest BCUT2D eigenvalue weighted by molar-refractivity contribution is -0.143. The third kappa shape index (κ3) is 4.42. The molecule has 1 rings (SSSR count). The van der Waals surface area contributed by atoms with E-state index in [0.29, 0.717) is 0 Å². The Hall–Kier alpha value is -2.37. The summed E-state index contributed by atoms with van der Waals surface area (Å²) >= 11 is 0. The van der Waals surface area contributed by atoms with Gasteiger partial charge in [-0.05, 0) is 13.0 Å². The molecule has 0 aliphatic heterocycles. The van der Waals surface area contributed by atoms with Gasteiger partial charge in [0.25, 0.3) is 5.91 Å². The zero-order chi connectivity index (χ0) is 14.3. The molecule has 0 unspecified atom stereocenters. The maximum atomic E-state index is 12.1. The highest BCUT2D eigenvalue weighted by molar-refractivity contribution is 5.95. The molecule has 1 aromatic rings. The van der Waals surface area contributed by atoms with Crippen LogP contribution in [-0.4, -0.2) is 41.5 Å². The Balaban J connectivity index is 2.86. The fraction of sp³-hybridized carbons (Fsp3) is 0.308. The molecule has 0 saturated heterocycles. The summed E-state index contributed by atoms with van der Waals surface area (Å²) in [6.45, 7) is 5.50. The van der Waals surface area contributed by atoms with Crippen LogP contribution >= 0.6 is 0 Å². The first-order chi connectivity index (χ1) is 9.08. The number of nitrogens with zero attached hydrogens (tertiary/aromatic N) is 1. The molecule has 102 valence electrons. The second-order valence-electron chi connectivity index (χ2n) is 3.72. The topological polar surface area (TPSA) is 79.5 Å². The second kappa shape index (κ2) is 7.15. The average molecular weight is 264 g/mol. The molecule has 0 atom stereocenters. The van der Waals surface area contributed by atoms with Gasteiger partial charge in [-0.2, -0.15) is 0 Å². The van der Waals surface area contributed by atoms with Crippen molar-refractivity contribution in [1.82, 2.24) is 9.88 Å². The quantitative estimate of drug-likeness (QED) is 0.601. The summed E-state index contributed by atoms with van der Waals surface area (Å²) in [6, 6.07) is 2.66. The Morgan fingerprint density at radius 3 is 2.84 bits per heavy atom. The van der Waals surface area contributed by atoms with E-state index in [1.807, 2.05) is 0 Å². The number of pyridine rings is 1. The monoisotopic (exact) mass is 264 g/mol. The molecular formula is C13H16N2O4. The van der Waals surface area contributed by atoms with Crippen LogP contribution in [0.5, 0.6) is 0 Å². The van der Waals surface area contributed by atoms with Crippen LogP contribution in [-0.2, 0) is 9.53 Å². The highest BCUT2D eigenvalue weighted by Gasteiger charge is 2.18. The summed E-state index contributed by atoms with van der Waals surface area (Å²) in [4.78, 5) is 38.4. The van der Waals surface area contributed by atoms with Gasteiger partial charge < -0.3 is 14.6 Å². The summed E-state index contributed by atoms with van der Waals surface area (Å²) in [5.74, 6) is -0.915. The smallest absolute Gasteiger partial charge is 0.325 e. The van der Waals surface area contributed by atoms with E-state index in [9.17, 15) is 14.4 Å². The molecule has 0 bridgehead atoms. The van der Waals surface area contributed by atoms with Crippen molar-refractivity contribution in [1.29, 1.82) is 0 Å². The first-order valence-electron chi connectivity index (χ1n) is 5.83. The van der Waals surface area contributed by atoms with E-state index < -0.39 is 11.9 Å². The predicted octanol–water partition coefficient (Wildman–Crippen LogP) is 0.566. The van der Waals surface area contributed by atoms with E-state index >= 15 is 0 Å². The number of aromatic amines is 1. The van der Waals surface area contributed by atoms with Gasteiger partial charge in [-0.1, -0.05) is 6.08 Å². The zero-order valence-corrected chi connectivity index (χ0v) is 10.7. The molecule has 6 nitrogen and oxygen atoms in total. The molecule has 0 aliphatic rings. The number of carbonyl (C=O) groups excluding carboxylic acids is 2. The lowest BCUT2D eigenvalue weighted by Crippen LogP contribution is -2.37. The molecule has 1 N–H and O–H groups in total. The number of ether oxygens (including phenoxy) is 1. The lowest BCUT2D eigenvalue weighted by Gasteiger charge is -2.19. The lowest BCUT2D eigenvalue weighted by atomic mass is 10.2. The molecule has 0 aliphatic carbocycles. The van der Waals surface area contributed by atoms with Crippen LogP contribution in [0.2, 0.25) is 0 Å². The van der Waals surface area contributed by atoms with Crippen molar-refractivity contribution in [3.8, 4) is 0 Å². The number of nitrogens with one attached hydrogen (secondary N) is 1. The van der Waals surface area contributed by atoms with Crippen LogP contribution in [0.4, 0.5) is 0 Å². The van der Waals surface area contributed by atoms with Crippen LogP contribution in [0.15, 0.2) is 35.8 Å². The van der Waals surface area contributed by atoms with Crippen molar-refractivity contribution < 1.29 is 14.3 Å². The van der Waals surface area contributed by atoms with E-state index in [2.05, 4.69) is 11.6 Å². The van der Waals surface area contributed by atoms with E-state index in [4.69, 9.17) is 4.74 Å². The molecule has 0 saturated carbocycles. The largest absolute Gasteiger partial charge is 0.465 e. The number of hydrogen-bond acceptors (Lipinski definition) is 4. The molecule has 0 spiro atoms. The van der Waals surface area contributed by atoms with Gasteiger partial charge in [0.15, 0.2) is 0 Å². The Labute approximate surface area is 110 Å². The second-order valence-corrected chi connectivity index (χ2v) is 3.72. The molecule has 0 fully saturated rings. The Morgan fingerprint density at radius 2 is 2.26 bits per heavy atom. The van der Waals surface area contributed by atoms with Crippen molar-refractivity contribution in [3.63, 3.8) is 0 Å². The van der Waals surface area contributed by atoms with Crippen molar-refractivity contribution >= 4 is 11.9 Å². The van der Waals surface area contributed by atoms with Crippen molar-refractivity contribution in [2.45, 2.75) is 6.92 Å². The van der Waals surface area contributed by atoms with Gasteiger partial charge >= 0.3 is 5.97 Å². The van der Waals surface area contributed by atoms with Gasteiger partial charge in [0.05, 0.1) is 6.61 Å². The highest BCUT2D eigenvalue weighted by atomic mass is 16.5. The number of aromatic nitrogens is 1. The van der Waals surface area contributed by atoms with Gasteiger partial charge in [-0.3, -0.25) is 14.4 Å². The maximum absolute atomic E-state index is 12.1. The van der Waals surface area contributed by atoms with Crippen LogP contribution in [0.25, 0.3) is 0 Å². The van der Waals surface area contributed by atoms with E-state index in [1.165, 1.54) is 29.3 Å². The van der Waals surface area contributed by atoms with E-state index in [1.54, 1.807) is 6.92 Å². The Morgan fingerprint density at radius 1 is 1.53 bits per heavy atom. The van der Waals surface area contributed by atoms with Crippen molar-refractivity contribution in [3.05, 3.63) is 46.9 Å². The fourth-order valence-electron chi connectivity index (χ4n) is 1.50. The van der Waals surface area contributed by atoms with Gasteiger partial charge in [0.1, 0.15) is 6.54 Å². The molecule has 1 amide bonds. The van der Waals surface area contributed by atoms with Crippen LogP contribution in [0.3, 0.4) is 0 Å². The molecule has 1 heterocycles. The number of H-pyrrole nitrogens is 1. The molecule has 0 aromatic carbocycles. The first kappa shape index (κ1) is 14.7. The Bertz CT molecular complexity index is 521. The minimum absolute atomic E-state index is 0.175. The highest BCUT2D eigenvalue weighted by Crippen LogP contribution is 2.02. The maximum Gasteiger partial charge on any atom is 0.325 e. The summed E-state index contributed by atoms with van der Waals surface area (Å²) in [5.41, 5.74) is -0.157. The van der Waals surface area contributed by atoms with Crippen molar-refractivity contribution in [2.24, 2.45) is 0 Å². The molecular weight excluding hydrogens is 248 g/mol. The molecule has 1 aromatic heterocycles. The third-order valence-corrected chi connectivity index (χ3v) is 2.28.